The van der Waals surface area contributed by atoms with Crippen molar-refractivity contribution < 1.29 is 5.11 Å². The van der Waals surface area contributed by atoms with Gasteiger partial charge in [0.25, 0.3) is 0 Å². The lowest BCUT2D eigenvalue weighted by atomic mass is 9.53. The van der Waals surface area contributed by atoms with Crippen molar-refractivity contribution in [1.82, 2.24) is 19.8 Å². The average Bonchev–Trinajstić information content (AvgIpc) is 2.69. The highest BCUT2D eigenvalue weighted by Gasteiger charge is 2.53. The summed E-state index contributed by atoms with van der Waals surface area (Å²) in [5.41, 5.74) is 0.110. The van der Waals surface area contributed by atoms with Crippen LogP contribution in [0, 0.1) is 22.5 Å². The molecule has 1 aromatic heterocycles. The van der Waals surface area contributed by atoms with E-state index >= 15 is 0 Å². The summed E-state index contributed by atoms with van der Waals surface area (Å²) in [5, 5.41) is 17.4. The quantitative estimate of drug-likeness (QED) is 0.828. The van der Waals surface area contributed by atoms with Crippen molar-refractivity contribution in [3.05, 3.63) is 4.77 Å². The van der Waals surface area contributed by atoms with Gasteiger partial charge < -0.3 is 5.11 Å². The fraction of sp³-hybridized carbons (Fsp3) is 0.917. The molecule has 4 fully saturated rings. The molecule has 0 amide bonds. The van der Waals surface area contributed by atoms with Crippen LogP contribution in [0.25, 0.3) is 0 Å². The van der Waals surface area contributed by atoms with Gasteiger partial charge in [-0.3, -0.25) is 0 Å². The van der Waals surface area contributed by atoms with Crippen LogP contribution in [-0.4, -0.2) is 24.9 Å². The lowest BCUT2D eigenvalue weighted by molar-refractivity contribution is -0.0512. The minimum atomic E-state index is -0.175. The minimum absolute atomic E-state index is 0.110. The third-order valence-corrected chi connectivity index (χ3v) is 5.61. The molecule has 0 saturated heterocycles. The Hall–Kier alpha value is -0.750. The zero-order chi connectivity index (χ0) is 12.3. The molecule has 0 aliphatic heterocycles. The summed E-state index contributed by atoms with van der Waals surface area (Å²) in [5.74, 6) is 2.58. The standard InChI is InChI=1S/C12H18N4OS/c17-7-15-11(18)16(14-13-15)12-4-8-1-9(5-12)3-10(2-8)6-12/h8-10,17H,1-7H2. The molecule has 1 N–H and O–H groups in total. The third kappa shape index (κ3) is 1.39. The molecule has 0 unspecified atom stereocenters. The molecule has 98 valence electrons. The lowest BCUT2D eigenvalue weighted by Gasteiger charge is -2.56. The Bertz CT molecular complexity index is 499. The van der Waals surface area contributed by atoms with Crippen molar-refractivity contribution in [3.63, 3.8) is 0 Å². The first-order valence-corrected chi connectivity index (χ1v) is 7.25. The summed E-state index contributed by atoms with van der Waals surface area (Å²) in [6.45, 7) is -0.175. The number of aliphatic hydroxyl groups excluding tert-OH is 1. The first-order chi connectivity index (χ1) is 8.70. The molecule has 4 bridgehead atoms. The first kappa shape index (κ1) is 11.1. The van der Waals surface area contributed by atoms with Gasteiger partial charge in [-0.2, -0.15) is 4.68 Å². The summed E-state index contributed by atoms with van der Waals surface area (Å²) < 4.78 is 3.94. The predicted molar refractivity (Wildman–Crippen MR) is 67.2 cm³/mol. The summed E-state index contributed by atoms with van der Waals surface area (Å²) >= 11 is 5.40. The highest BCUT2D eigenvalue weighted by Crippen LogP contribution is 2.58. The van der Waals surface area contributed by atoms with E-state index in [9.17, 15) is 5.11 Å². The van der Waals surface area contributed by atoms with Gasteiger partial charge >= 0.3 is 0 Å². The van der Waals surface area contributed by atoms with Crippen LogP contribution >= 0.6 is 12.2 Å². The Morgan fingerprint density at radius 3 is 2.11 bits per heavy atom. The van der Waals surface area contributed by atoms with Crippen molar-refractivity contribution >= 4 is 12.2 Å². The Morgan fingerprint density at radius 1 is 1.11 bits per heavy atom. The summed E-state index contributed by atoms with van der Waals surface area (Å²) in [6, 6.07) is 0. The maximum Gasteiger partial charge on any atom is 0.218 e. The SMILES string of the molecule is OCn1nnn(C23CC4CC(CC(C4)C2)C3)c1=S. The minimum Gasteiger partial charge on any atom is -0.374 e. The zero-order valence-corrected chi connectivity index (χ0v) is 11.1. The van der Waals surface area contributed by atoms with Crippen molar-refractivity contribution in [2.24, 2.45) is 17.8 Å². The molecule has 4 aliphatic rings. The zero-order valence-electron chi connectivity index (χ0n) is 10.3. The van der Waals surface area contributed by atoms with Crippen LogP contribution in [0.1, 0.15) is 38.5 Å². The van der Waals surface area contributed by atoms with E-state index in [1.807, 2.05) is 4.68 Å². The van der Waals surface area contributed by atoms with Crippen molar-refractivity contribution in [2.45, 2.75) is 50.8 Å². The highest BCUT2D eigenvalue weighted by molar-refractivity contribution is 7.71. The molecular formula is C12H18N4OS. The fourth-order valence-electron chi connectivity index (χ4n) is 4.99. The fourth-order valence-corrected chi connectivity index (χ4v) is 5.31. The van der Waals surface area contributed by atoms with E-state index in [0.717, 1.165) is 17.8 Å². The van der Waals surface area contributed by atoms with Crippen LogP contribution in [-0.2, 0) is 12.3 Å². The molecule has 1 aromatic rings. The van der Waals surface area contributed by atoms with E-state index in [4.69, 9.17) is 12.2 Å². The van der Waals surface area contributed by atoms with Crippen LogP contribution in [0.2, 0.25) is 0 Å². The Morgan fingerprint density at radius 2 is 1.67 bits per heavy atom. The lowest BCUT2D eigenvalue weighted by Crippen LogP contribution is -2.52. The smallest absolute Gasteiger partial charge is 0.218 e. The number of hydrogen-bond donors (Lipinski definition) is 1. The van der Waals surface area contributed by atoms with Crippen molar-refractivity contribution in [2.75, 3.05) is 0 Å². The van der Waals surface area contributed by atoms with Gasteiger partial charge in [-0.05, 0) is 78.9 Å². The van der Waals surface area contributed by atoms with E-state index in [-0.39, 0.29) is 12.3 Å². The third-order valence-electron chi connectivity index (χ3n) is 5.23. The summed E-state index contributed by atoms with van der Waals surface area (Å²) in [6.07, 6.45) is 7.83. The Kier molecular flexibility index (Phi) is 2.24. The van der Waals surface area contributed by atoms with E-state index in [0.29, 0.717) is 4.77 Å². The second-order valence-electron chi connectivity index (χ2n) is 6.46. The van der Waals surface area contributed by atoms with Crippen LogP contribution in [0.15, 0.2) is 0 Å². The van der Waals surface area contributed by atoms with Crippen LogP contribution < -0.4 is 0 Å². The number of nitrogens with zero attached hydrogens (tertiary/aromatic N) is 4. The molecule has 0 aromatic carbocycles. The average molecular weight is 266 g/mol. The van der Waals surface area contributed by atoms with Gasteiger partial charge in [0.1, 0.15) is 6.73 Å². The largest absolute Gasteiger partial charge is 0.374 e. The maximum atomic E-state index is 9.19. The molecule has 0 spiro atoms. The molecule has 0 radical (unpaired) electrons. The second kappa shape index (κ2) is 3.63. The van der Waals surface area contributed by atoms with E-state index in [1.54, 1.807) is 0 Å². The van der Waals surface area contributed by atoms with Gasteiger partial charge in [0.2, 0.25) is 4.77 Å². The van der Waals surface area contributed by atoms with Crippen molar-refractivity contribution in [1.29, 1.82) is 0 Å². The molecule has 1 heterocycles. The highest BCUT2D eigenvalue weighted by atomic mass is 32.1. The number of aliphatic hydroxyl groups is 1. The van der Waals surface area contributed by atoms with Crippen LogP contribution in [0.5, 0.6) is 0 Å². The van der Waals surface area contributed by atoms with Gasteiger partial charge in [-0.25, -0.2) is 4.68 Å². The molecule has 6 heteroatoms. The molecule has 4 saturated carbocycles. The molecule has 4 aliphatic carbocycles. The molecule has 0 atom stereocenters. The summed E-state index contributed by atoms with van der Waals surface area (Å²) in [7, 11) is 0. The number of hydrogen-bond acceptors (Lipinski definition) is 4. The Labute approximate surface area is 111 Å². The van der Waals surface area contributed by atoms with Gasteiger partial charge in [0.15, 0.2) is 0 Å². The molecule has 5 rings (SSSR count). The monoisotopic (exact) mass is 266 g/mol. The van der Waals surface area contributed by atoms with Gasteiger partial charge in [-0.1, -0.05) is 0 Å². The number of tetrazole rings is 1. The number of aromatic nitrogens is 4. The van der Waals surface area contributed by atoms with E-state index in [1.165, 1.54) is 43.2 Å². The molecule has 18 heavy (non-hydrogen) atoms. The number of rotatable bonds is 2. The maximum absolute atomic E-state index is 9.19. The Balaban J connectivity index is 1.79. The second-order valence-corrected chi connectivity index (χ2v) is 6.82. The van der Waals surface area contributed by atoms with Crippen LogP contribution in [0.4, 0.5) is 0 Å². The van der Waals surface area contributed by atoms with E-state index in [2.05, 4.69) is 10.4 Å². The topological polar surface area (TPSA) is 55.9 Å². The van der Waals surface area contributed by atoms with Crippen LogP contribution in [0.3, 0.4) is 0 Å². The molecular weight excluding hydrogens is 248 g/mol. The predicted octanol–water partition coefficient (Wildman–Crippen LogP) is 1.68. The normalized spacial score (nSPS) is 41.5. The summed E-state index contributed by atoms with van der Waals surface area (Å²) in [4.78, 5) is 0. The van der Waals surface area contributed by atoms with Crippen molar-refractivity contribution in [3.8, 4) is 0 Å². The van der Waals surface area contributed by atoms with Gasteiger partial charge in [-0.15, -0.1) is 0 Å². The molecule has 5 nitrogen and oxygen atoms in total. The van der Waals surface area contributed by atoms with E-state index < -0.39 is 0 Å². The van der Waals surface area contributed by atoms with Gasteiger partial charge in [0, 0.05) is 0 Å². The first-order valence-electron chi connectivity index (χ1n) is 6.84. The van der Waals surface area contributed by atoms with Gasteiger partial charge in [0.05, 0.1) is 5.54 Å².